The molecular formula is C11H11FN4O5S. The van der Waals surface area contributed by atoms with Crippen molar-refractivity contribution in [2.24, 2.45) is 0 Å². The van der Waals surface area contributed by atoms with Gasteiger partial charge in [-0.25, -0.2) is 9.18 Å². The first-order chi connectivity index (χ1) is 10.3. The number of hydrogen-bond acceptors (Lipinski definition) is 6. The van der Waals surface area contributed by atoms with Gasteiger partial charge in [0.1, 0.15) is 5.82 Å². The Kier molecular flexibility index (Phi) is 4.26. The van der Waals surface area contributed by atoms with Crippen LogP contribution < -0.4 is 10.3 Å². The summed E-state index contributed by atoms with van der Waals surface area (Å²) in [5, 5.41) is 5.24. The summed E-state index contributed by atoms with van der Waals surface area (Å²) in [5.74, 6) is -1.59. The van der Waals surface area contributed by atoms with E-state index in [-0.39, 0.29) is 16.4 Å². The van der Waals surface area contributed by atoms with Crippen LogP contribution in [0.4, 0.5) is 10.1 Å². The molecule has 2 rings (SSSR count). The van der Waals surface area contributed by atoms with Crippen LogP contribution in [0.1, 0.15) is 17.4 Å². The fourth-order valence-corrected chi connectivity index (χ4v) is 2.47. The molecule has 9 nitrogen and oxygen atoms in total. The van der Waals surface area contributed by atoms with Crippen LogP contribution in [0.5, 0.6) is 0 Å². The van der Waals surface area contributed by atoms with Crippen molar-refractivity contribution in [1.82, 2.24) is 14.4 Å². The molecule has 0 aliphatic heterocycles. The number of carbonyl (C=O) groups is 1. The van der Waals surface area contributed by atoms with Crippen molar-refractivity contribution in [2.45, 2.75) is 6.92 Å². The Morgan fingerprint density at radius 1 is 1.41 bits per heavy atom. The molecule has 1 aromatic heterocycles. The second-order valence-corrected chi connectivity index (χ2v) is 5.48. The fraction of sp³-hybridized carbons (Fsp3) is 0.182. The van der Waals surface area contributed by atoms with Crippen LogP contribution in [-0.2, 0) is 14.9 Å². The van der Waals surface area contributed by atoms with E-state index in [2.05, 4.69) is 9.84 Å². The molecule has 0 aliphatic rings. The van der Waals surface area contributed by atoms with Gasteiger partial charge in [0.15, 0.2) is 0 Å². The highest BCUT2D eigenvalue weighted by molar-refractivity contribution is 7.91. The second-order valence-electron chi connectivity index (χ2n) is 3.96. The maximum absolute atomic E-state index is 12.8. The Morgan fingerprint density at radius 3 is 2.64 bits per heavy atom. The van der Waals surface area contributed by atoms with E-state index in [0.29, 0.717) is 0 Å². The highest BCUT2D eigenvalue weighted by atomic mass is 32.2. The van der Waals surface area contributed by atoms with Crippen LogP contribution in [0.15, 0.2) is 29.1 Å². The number of H-pyrrole nitrogens is 1. The number of esters is 1. The summed E-state index contributed by atoms with van der Waals surface area (Å²) in [6.07, 6.45) is 0. The van der Waals surface area contributed by atoms with Crippen LogP contribution in [0.3, 0.4) is 0 Å². The third kappa shape index (κ3) is 3.14. The lowest BCUT2D eigenvalue weighted by atomic mass is 10.3. The summed E-state index contributed by atoms with van der Waals surface area (Å²) >= 11 is 0. The number of aromatic amines is 1. The SMILES string of the molecule is CCOC(=O)c1n[nH]n(S(=O)(=O)Nc2ccc(F)cc2)c1=O. The van der Waals surface area contributed by atoms with Crippen molar-refractivity contribution >= 4 is 21.9 Å². The number of ether oxygens (including phenoxy) is 1. The van der Waals surface area contributed by atoms with Gasteiger partial charge in [0.25, 0.3) is 0 Å². The van der Waals surface area contributed by atoms with E-state index >= 15 is 0 Å². The van der Waals surface area contributed by atoms with E-state index in [1.54, 1.807) is 0 Å². The molecule has 0 saturated carbocycles. The van der Waals surface area contributed by atoms with Gasteiger partial charge >= 0.3 is 21.7 Å². The van der Waals surface area contributed by atoms with Gasteiger partial charge in [-0.05, 0) is 31.2 Å². The molecule has 0 atom stereocenters. The van der Waals surface area contributed by atoms with Gasteiger partial charge in [-0.15, -0.1) is 9.19 Å². The predicted octanol–water partition coefficient (Wildman–Crippen LogP) is 0.0922. The lowest BCUT2D eigenvalue weighted by molar-refractivity contribution is 0.0518. The maximum Gasteiger partial charge on any atom is 0.364 e. The zero-order valence-electron chi connectivity index (χ0n) is 11.2. The summed E-state index contributed by atoms with van der Waals surface area (Å²) in [6, 6.07) is 4.41. The summed E-state index contributed by atoms with van der Waals surface area (Å²) in [5.41, 5.74) is -1.85. The van der Waals surface area contributed by atoms with Gasteiger partial charge in [-0.2, -0.15) is 13.6 Å². The van der Waals surface area contributed by atoms with Crippen LogP contribution in [0, 0.1) is 5.82 Å². The highest BCUT2D eigenvalue weighted by Gasteiger charge is 2.24. The molecule has 0 unspecified atom stereocenters. The van der Waals surface area contributed by atoms with Gasteiger partial charge in [0, 0.05) is 0 Å². The number of nitrogens with zero attached hydrogens (tertiary/aromatic N) is 2. The summed E-state index contributed by atoms with van der Waals surface area (Å²) < 4.78 is 43.6. The molecule has 22 heavy (non-hydrogen) atoms. The molecule has 11 heteroatoms. The summed E-state index contributed by atoms with van der Waals surface area (Å²) in [6.45, 7) is 1.53. The Balaban J connectivity index is 2.32. The van der Waals surface area contributed by atoms with Crippen LogP contribution in [-0.4, -0.2) is 35.4 Å². The molecule has 0 saturated heterocycles. The van der Waals surface area contributed by atoms with E-state index in [1.807, 2.05) is 9.94 Å². The number of aromatic nitrogens is 3. The first-order valence-corrected chi connectivity index (χ1v) is 7.42. The molecule has 2 aromatic rings. The van der Waals surface area contributed by atoms with E-state index in [0.717, 1.165) is 12.1 Å². The number of hydrogen-bond donors (Lipinski definition) is 2. The van der Waals surface area contributed by atoms with Crippen molar-refractivity contribution in [2.75, 3.05) is 11.3 Å². The first kappa shape index (κ1) is 15.7. The zero-order chi connectivity index (χ0) is 16.3. The van der Waals surface area contributed by atoms with Crippen molar-refractivity contribution in [3.8, 4) is 0 Å². The monoisotopic (exact) mass is 330 g/mol. The Labute approximate surface area is 123 Å². The van der Waals surface area contributed by atoms with E-state index in [9.17, 15) is 22.4 Å². The molecule has 118 valence electrons. The van der Waals surface area contributed by atoms with Gasteiger partial charge in [0.05, 0.1) is 12.3 Å². The van der Waals surface area contributed by atoms with Crippen LogP contribution in [0.25, 0.3) is 0 Å². The maximum atomic E-state index is 12.8. The topological polar surface area (TPSA) is 123 Å². The van der Waals surface area contributed by atoms with E-state index < -0.39 is 33.2 Å². The number of nitrogens with one attached hydrogen (secondary N) is 2. The molecule has 0 fully saturated rings. The lowest BCUT2D eigenvalue weighted by Gasteiger charge is -2.06. The minimum absolute atomic E-state index is 0.00567. The van der Waals surface area contributed by atoms with Crippen LogP contribution >= 0.6 is 0 Å². The van der Waals surface area contributed by atoms with Crippen molar-refractivity contribution in [1.29, 1.82) is 0 Å². The van der Waals surface area contributed by atoms with Gasteiger partial charge < -0.3 is 4.74 Å². The smallest absolute Gasteiger partial charge is 0.364 e. The Hall–Kier alpha value is -2.69. The molecule has 1 aromatic carbocycles. The zero-order valence-corrected chi connectivity index (χ0v) is 12.1. The minimum Gasteiger partial charge on any atom is -0.461 e. The largest absolute Gasteiger partial charge is 0.461 e. The van der Waals surface area contributed by atoms with Gasteiger partial charge in [0.2, 0.25) is 5.69 Å². The molecule has 2 N–H and O–H groups in total. The predicted molar refractivity (Wildman–Crippen MR) is 73.1 cm³/mol. The highest BCUT2D eigenvalue weighted by Crippen LogP contribution is 2.10. The molecular weight excluding hydrogens is 319 g/mol. The number of rotatable bonds is 5. The van der Waals surface area contributed by atoms with Crippen LogP contribution in [0.2, 0.25) is 0 Å². The number of carbonyl (C=O) groups excluding carboxylic acids is 1. The summed E-state index contributed by atoms with van der Waals surface area (Å²) in [7, 11) is -4.38. The first-order valence-electron chi connectivity index (χ1n) is 5.98. The second kappa shape index (κ2) is 5.97. The normalized spacial score (nSPS) is 11.2. The van der Waals surface area contributed by atoms with Crippen molar-refractivity contribution in [3.05, 3.63) is 46.1 Å². The molecule has 0 spiro atoms. The number of anilines is 1. The third-order valence-corrected chi connectivity index (χ3v) is 3.66. The molecule has 0 aliphatic carbocycles. The average Bonchev–Trinajstić information content (AvgIpc) is 2.84. The molecule has 1 heterocycles. The van der Waals surface area contributed by atoms with E-state index in [1.165, 1.54) is 19.1 Å². The molecule has 0 bridgehead atoms. The van der Waals surface area contributed by atoms with Gasteiger partial charge in [-0.1, -0.05) is 0 Å². The minimum atomic E-state index is -4.38. The summed E-state index contributed by atoms with van der Waals surface area (Å²) in [4.78, 5) is 23.3. The Morgan fingerprint density at radius 2 is 2.05 bits per heavy atom. The van der Waals surface area contributed by atoms with Crippen molar-refractivity contribution in [3.63, 3.8) is 0 Å². The molecule has 0 radical (unpaired) electrons. The standard InChI is InChI=1S/C11H11FN4O5S/c1-2-21-11(18)9-10(17)16(15-13-9)22(19,20)14-8-5-3-7(12)4-6-8/h3-6,14-15H,2H2,1H3. The molecule has 0 amide bonds. The fourth-order valence-electron chi connectivity index (χ4n) is 1.49. The Bertz CT molecular complexity index is 840. The average molecular weight is 330 g/mol. The van der Waals surface area contributed by atoms with E-state index in [4.69, 9.17) is 0 Å². The number of benzene rings is 1. The third-order valence-electron chi connectivity index (χ3n) is 2.44. The number of halogens is 1. The quantitative estimate of drug-likeness (QED) is 0.749. The van der Waals surface area contributed by atoms with Crippen molar-refractivity contribution < 1.29 is 22.3 Å². The lowest BCUT2D eigenvalue weighted by Crippen LogP contribution is -2.32. The van der Waals surface area contributed by atoms with Gasteiger partial charge in [-0.3, -0.25) is 9.52 Å².